The molecular weight excluding hydrogens is 368 g/mol. The van der Waals surface area contributed by atoms with Gasteiger partial charge in [0.25, 0.3) is 0 Å². The van der Waals surface area contributed by atoms with Crippen LogP contribution in [0.1, 0.15) is 136 Å². The third-order valence-electron chi connectivity index (χ3n) is 5.69. The third-order valence-corrected chi connectivity index (χ3v) is 5.69. The lowest BCUT2D eigenvalue weighted by atomic mass is 10.1. The van der Waals surface area contributed by atoms with Crippen LogP contribution in [0, 0.1) is 0 Å². The van der Waals surface area contributed by atoms with Gasteiger partial charge in [0.15, 0.2) is 0 Å². The van der Waals surface area contributed by atoms with Gasteiger partial charge in [-0.3, -0.25) is 0 Å². The van der Waals surface area contributed by atoms with Crippen LogP contribution in [0.15, 0.2) is 24.3 Å². The molecule has 0 heterocycles. The van der Waals surface area contributed by atoms with E-state index in [0.29, 0.717) is 6.61 Å². The first-order valence-corrected chi connectivity index (χ1v) is 13.4. The molecule has 2 nitrogen and oxygen atoms in total. The van der Waals surface area contributed by atoms with Crippen LogP contribution in [0.5, 0.6) is 0 Å². The molecule has 30 heavy (non-hydrogen) atoms. The number of aliphatic hydroxyl groups excluding tert-OH is 1. The fourth-order valence-corrected chi connectivity index (χ4v) is 3.66. The molecule has 178 valence electrons. The first kappa shape index (κ1) is 29.4. The van der Waals surface area contributed by atoms with Crippen LogP contribution in [0.4, 0.5) is 0 Å². The maximum absolute atomic E-state index is 9.98. The zero-order valence-corrected chi connectivity index (χ0v) is 20.6. The van der Waals surface area contributed by atoms with E-state index in [2.05, 4.69) is 38.2 Å². The molecule has 0 spiro atoms. The average Bonchev–Trinajstić information content (AvgIpc) is 2.75. The molecule has 0 bridgehead atoms. The van der Waals surface area contributed by atoms with Crippen molar-refractivity contribution in [2.24, 2.45) is 0 Å². The molecule has 0 rings (SSSR count). The molecule has 0 radical (unpaired) electrons. The predicted molar refractivity (Wildman–Crippen MR) is 134 cm³/mol. The van der Waals surface area contributed by atoms with Crippen LogP contribution in [0.25, 0.3) is 0 Å². The summed E-state index contributed by atoms with van der Waals surface area (Å²) in [6.07, 6.45) is 32.9. The Balaban J connectivity index is 3.22. The Bertz CT molecular complexity index is 362. The summed E-state index contributed by atoms with van der Waals surface area (Å²) in [5.74, 6) is 0. The van der Waals surface area contributed by atoms with E-state index in [1.54, 1.807) is 0 Å². The van der Waals surface area contributed by atoms with Crippen molar-refractivity contribution in [1.29, 1.82) is 0 Å². The van der Waals surface area contributed by atoms with Gasteiger partial charge in [-0.1, -0.05) is 115 Å². The largest absolute Gasteiger partial charge is 0.391 e. The van der Waals surface area contributed by atoms with Crippen LogP contribution in [-0.2, 0) is 4.74 Å². The minimum absolute atomic E-state index is 0.265. The smallest absolute Gasteiger partial charge is 0.0773 e. The second-order valence-electron chi connectivity index (χ2n) is 8.87. The van der Waals surface area contributed by atoms with E-state index in [4.69, 9.17) is 4.74 Å². The minimum Gasteiger partial charge on any atom is -0.391 e. The summed E-state index contributed by atoms with van der Waals surface area (Å²) in [4.78, 5) is 0. The highest BCUT2D eigenvalue weighted by molar-refractivity contribution is 4.92. The maximum atomic E-state index is 9.98. The van der Waals surface area contributed by atoms with Gasteiger partial charge >= 0.3 is 0 Å². The van der Waals surface area contributed by atoms with Crippen LogP contribution >= 0.6 is 0 Å². The van der Waals surface area contributed by atoms with Gasteiger partial charge in [-0.25, -0.2) is 0 Å². The van der Waals surface area contributed by atoms with E-state index in [1.165, 1.54) is 96.3 Å². The molecule has 0 aliphatic rings. The van der Waals surface area contributed by atoms with E-state index < -0.39 is 0 Å². The van der Waals surface area contributed by atoms with Crippen LogP contribution in [0.2, 0.25) is 0 Å². The van der Waals surface area contributed by atoms with E-state index in [1.807, 2.05) is 0 Å². The number of rotatable bonds is 24. The molecule has 1 atom stereocenters. The van der Waals surface area contributed by atoms with Gasteiger partial charge in [0.1, 0.15) is 0 Å². The highest BCUT2D eigenvalue weighted by Crippen LogP contribution is 2.11. The highest BCUT2D eigenvalue weighted by Gasteiger charge is 2.03. The summed E-state index contributed by atoms with van der Waals surface area (Å²) in [5, 5.41) is 9.98. The normalized spacial score (nSPS) is 13.0. The molecule has 0 aromatic rings. The van der Waals surface area contributed by atoms with Crippen LogP contribution < -0.4 is 0 Å². The molecule has 0 amide bonds. The minimum atomic E-state index is -0.265. The zero-order chi connectivity index (χ0) is 22.0. The van der Waals surface area contributed by atoms with Gasteiger partial charge in [0.05, 0.1) is 12.7 Å². The Labute approximate surface area is 189 Å². The number of aliphatic hydroxyl groups is 1. The zero-order valence-electron chi connectivity index (χ0n) is 20.6. The highest BCUT2D eigenvalue weighted by atomic mass is 16.5. The number of allylic oxidation sites excluding steroid dienone is 4. The van der Waals surface area contributed by atoms with Crippen molar-refractivity contribution < 1.29 is 9.84 Å². The van der Waals surface area contributed by atoms with Crippen molar-refractivity contribution in [3.63, 3.8) is 0 Å². The second-order valence-corrected chi connectivity index (χ2v) is 8.87. The molecule has 0 unspecified atom stereocenters. The van der Waals surface area contributed by atoms with Gasteiger partial charge in [-0.05, 0) is 44.9 Å². The summed E-state index contributed by atoms with van der Waals surface area (Å²) in [5.41, 5.74) is 0. The third kappa shape index (κ3) is 25.4. The first-order valence-electron chi connectivity index (χ1n) is 13.4. The van der Waals surface area contributed by atoms with Crippen LogP contribution in [0.3, 0.4) is 0 Å². The van der Waals surface area contributed by atoms with E-state index in [-0.39, 0.29) is 6.10 Å². The van der Waals surface area contributed by atoms with Gasteiger partial charge in [0, 0.05) is 6.61 Å². The lowest BCUT2D eigenvalue weighted by Gasteiger charge is -2.11. The van der Waals surface area contributed by atoms with E-state index in [9.17, 15) is 5.11 Å². The first-order chi connectivity index (χ1) is 14.8. The molecule has 0 aliphatic heterocycles. The van der Waals surface area contributed by atoms with Crippen molar-refractivity contribution in [2.45, 2.75) is 142 Å². The Morgan fingerprint density at radius 2 is 1.10 bits per heavy atom. The van der Waals surface area contributed by atoms with Gasteiger partial charge in [0.2, 0.25) is 0 Å². The summed E-state index contributed by atoms with van der Waals surface area (Å²) >= 11 is 0. The SMILES string of the molecule is CCCCC/C=C\C/C=C\CCCCCCCCC[C@@H](O)COCCCCCCC. The quantitative estimate of drug-likeness (QED) is 0.124. The second kappa shape index (κ2) is 26.4. The van der Waals surface area contributed by atoms with E-state index >= 15 is 0 Å². The summed E-state index contributed by atoms with van der Waals surface area (Å²) < 4.78 is 5.60. The summed E-state index contributed by atoms with van der Waals surface area (Å²) in [7, 11) is 0. The Morgan fingerprint density at radius 1 is 0.600 bits per heavy atom. The Hall–Kier alpha value is -0.600. The average molecular weight is 423 g/mol. The summed E-state index contributed by atoms with van der Waals surface area (Å²) in [6, 6.07) is 0. The number of hydrogen-bond acceptors (Lipinski definition) is 2. The molecule has 0 aromatic heterocycles. The van der Waals surface area contributed by atoms with Crippen molar-refractivity contribution >= 4 is 0 Å². The Kier molecular flexibility index (Phi) is 25.9. The van der Waals surface area contributed by atoms with Crippen LogP contribution in [-0.4, -0.2) is 24.4 Å². The lowest BCUT2D eigenvalue weighted by Crippen LogP contribution is -2.15. The van der Waals surface area contributed by atoms with Crippen molar-refractivity contribution in [2.75, 3.05) is 13.2 Å². The molecular formula is C28H54O2. The van der Waals surface area contributed by atoms with Crippen molar-refractivity contribution in [3.8, 4) is 0 Å². The number of ether oxygens (including phenoxy) is 1. The molecule has 0 fully saturated rings. The van der Waals surface area contributed by atoms with Crippen molar-refractivity contribution in [1.82, 2.24) is 0 Å². The van der Waals surface area contributed by atoms with Crippen molar-refractivity contribution in [3.05, 3.63) is 24.3 Å². The summed E-state index contributed by atoms with van der Waals surface area (Å²) in [6.45, 7) is 5.83. The lowest BCUT2D eigenvalue weighted by molar-refractivity contribution is 0.0298. The maximum Gasteiger partial charge on any atom is 0.0773 e. The molecule has 1 N–H and O–H groups in total. The molecule has 2 heteroatoms. The number of hydrogen-bond donors (Lipinski definition) is 1. The Morgan fingerprint density at radius 3 is 1.77 bits per heavy atom. The monoisotopic (exact) mass is 422 g/mol. The fourth-order valence-electron chi connectivity index (χ4n) is 3.66. The number of unbranched alkanes of at least 4 members (excludes halogenated alkanes) is 14. The standard InChI is InChI=1S/C28H54O2/c1-3-5-7-9-10-11-12-13-14-15-16-17-18-19-20-21-23-25-28(29)27-30-26-24-22-8-6-4-2/h10-11,13-14,28-29H,3-9,12,15-27H2,1-2H3/b11-10-,14-13-/t28-/m1/s1. The van der Waals surface area contributed by atoms with Gasteiger partial charge in [-0.15, -0.1) is 0 Å². The topological polar surface area (TPSA) is 29.5 Å². The predicted octanol–water partition coefficient (Wildman–Crippen LogP) is 8.93. The van der Waals surface area contributed by atoms with Gasteiger partial charge in [-0.2, -0.15) is 0 Å². The molecule has 0 aliphatic carbocycles. The van der Waals surface area contributed by atoms with Gasteiger partial charge < -0.3 is 9.84 Å². The fraction of sp³-hybridized carbons (Fsp3) is 0.857. The molecule has 0 aromatic carbocycles. The molecule has 0 saturated carbocycles. The molecule has 0 saturated heterocycles. The van der Waals surface area contributed by atoms with E-state index in [0.717, 1.165) is 32.3 Å².